The molecule has 0 spiro atoms. The van der Waals surface area contributed by atoms with Gasteiger partial charge in [-0.3, -0.25) is 4.79 Å². The number of rotatable bonds is 9. The average Bonchev–Trinajstić information content (AvgIpc) is 2.68. The Kier molecular flexibility index (Phi) is 8.28. The first-order valence-electron chi connectivity index (χ1n) is 9.90. The SMILES string of the molecule is CCN(CC)CCCN(C(=O)/C=C/c1ccccc1)c1c(C)cccc1C. The van der Waals surface area contributed by atoms with Crippen LogP contribution in [-0.4, -0.2) is 37.0 Å². The highest BCUT2D eigenvalue weighted by atomic mass is 16.2. The summed E-state index contributed by atoms with van der Waals surface area (Å²) >= 11 is 0. The van der Waals surface area contributed by atoms with E-state index in [-0.39, 0.29) is 5.91 Å². The quantitative estimate of drug-likeness (QED) is 0.579. The Morgan fingerprint density at radius 3 is 2.11 bits per heavy atom. The molecule has 0 aromatic heterocycles. The molecule has 0 aliphatic rings. The Labute approximate surface area is 164 Å². The lowest BCUT2D eigenvalue weighted by atomic mass is 10.1. The summed E-state index contributed by atoms with van der Waals surface area (Å²) in [6.07, 6.45) is 4.55. The number of anilines is 1. The molecule has 144 valence electrons. The van der Waals surface area contributed by atoms with Gasteiger partial charge in [0.25, 0.3) is 5.91 Å². The molecule has 0 heterocycles. The molecule has 2 rings (SSSR count). The monoisotopic (exact) mass is 364 g/mol. The molecule has 3 nitrogen and oxygen atoms in total. The number of carbonyl (C=O) groups excluding carboxylic acids is 1. The van der Waals surface area contributed by atoms with Gasteiger partial charge < -0.3 is 9.80 Å². The zero-order valence-corrected chi connectivity index (χ0v) is 17.1. The van der Waals surface area contributed by atoms with Crippen molar-refractivity contribution in [3.63, 3.8) is 0 Å². The first-order valence-corrected chi connectivity index (χ1v) is 9.90. The number of amides is 1. The van der Waals surface area contributed by atoms with Gasteiger partial charge in [0.15, 0.2) is 0 Å². The fourth-order valence-electron chi connectivity index (χ4n) is 3.38. The van der Waals surface area contributed by atoms with E-state index in [1.54, 1.807) is 6.08 Å². The second kappa shape index (κ2) is 10.7. The number of para-hydroxylation sites is 1. The number of hydrogen-bond acceptors (Lipinski definition) is 2. The fraction of sp³-hybridized carbons (Fsp3) is 0.375. The summed E-state index contributed by atoms with van der Waals surface area (Å²) in [6.45, 7) is 12.3. The number of benzene rings is 2. The third kappa shape index (κ3) is 6.07. The second-order valence-electron chi connectivity index (χ2n) is 6.85. The van der Waals surface area contributed by atoms with Gasteiger partial charge in [0, 0.05) is 18.3 Å². The average molecular weight is 365 g/mol. The van der Waals surface area contributed by atoms with Crippen molar-refractivity contribution >= 4 is 17.7 Å². The summed E-state index contributed by atoms with van der Waals surface area (Å²) in [5.41, 5.74) is 4.36. The van der Waals surface area contributed by atoms with E-state index in [9.17, 15) is 4.79 Å². The van der Waals surface area contributed by atoms with E-state index < -0.39 is 0 Å². The van der Waals surface area contributed by atoms with Crippen LogP contribution in [-0.2, 0) is 4.79 Å². The van der Waals surface area contributed by atoms with Gasteiger partial charge in [-0.2, -0.15) is 0 Å². The molecule has 27 heavy (non-hydrogen) atoms. The van der Waals surface area contributed by atoms with Crippen LogP contribution in [0.4, 0.5) is 5.69 Å². The maximum Gasteiger partial charge on any atom is 0.251 e. The second-order valence-corrected chi connectivity index (χ2v) is 6.85. The van der Waals surface area contributed by atoms with Crippen LogP contribution in [0.2, 0.25) is 0 Å². The summed E-state index contributed by atoms with van der Waals surface area (Å²) < 4.78 is 0. The van der Waals surface area contributed by atoms with Crippen LogP contribution in [0.25, 0.3) is 6.08 Å². The molecular weight excluding hydrogens is 332 g/mol. The van der Waals surface area contributed by atoms with E-state index in [1.807, 2.05) is 47.4 Å². The Bertz CT molecular complexity index is 728. The molecule has 0 fully saturated rings. The summed E-state index contributed by atoms with van der Waals surface area (Å²) in [7, 11) is 0. The highest BCUT2D eigenvalue weighted by molar-refractivity contribution is 6.04. The molecule has 0 saturated carbocycles. The number of carbonyl (C=O) groups is 1. The lowest BCUT2D eigenvalue weighted by Crippen LogP contribution is -2.34. The molecule has 1 amide bonds. The van der Waals surface area contributed by atoms with Gasteiger partial charge in [-0.05, 0) is 62.7 Å². The van der Waals surface area contributed by atoms with E-state index in [0.717, 1.165) is 55.0 Å². The zero-order valence-electron chi connectivity index (χ0n) is 17.1. The largest absolute Gasteiger partial charge is 0.308 e. The molecule has 2 aromatic rings. The van der Waals surface area contributed by atoms with E-state index in [1.165, 1.54) is 0 Å². The normalized spacial score (nSPS) is 11.3. The summed E-state index contributed by atoms with van der Waals surface area (Å²) in [5, 5.41) is 0. The van der Waals surface area contributed by atoms with E-state index in [4.69, 9.17) is 0 Å². The minimum atomic E-state index is 0.0378. The summed E-state index contributed by atoms with van der Waals surface area (Å²) in [6, 6.07) is 16.2. The van der Waals surface area contributed by atoms with Gasteiger partial charge in [-0.1, -0.05) is 62.4 Å². The van der Waals surface area contributed by atoms with Crippen LogP contribution in [0.5, 0.6) is 0 Å². The molecule has 0 aliphatic heterocycles. The van der Waals surface area contributed by atoms with Crippen LogP contribution in [0.1, 0.15) is 37.0 Å². The van der Waals surface area contributed by atoms with Gasteiger partial charge >= 0.3 is 0 Å². The molecule has 0 bridgehead atoms. The van der Waals surface area contributed by atoms with Gasteiger partial charge in [-0.25, -0.2) is 0 Å². The summed E-state index contributed by atoms with van der Waals surface area (Å²) in [4.78, 5) is 17.4. The van der Waals surface area contributed by atoms with E-state index in [2.05, 4.69) is 44.7 Å². The maximum atomic E-state index is 13.1. The van der Waals surface area contributed by atoms with E-state index in [0.29, 0.717) is 0 Å². The van der Waals surface area contributed by atoms with Crippen LogP contribution in [0, 0.1) is 13.8 Å². The highest BCUT2D eigenvalue weighted by Crippen LogP contribution is 2.25. The van der Waals surface area contributed by atoms with Crippen molar-refractivity contribution < 1.29 is 4.79 Å². The first kappa shape index (κ1) is 20.9. The smallest absolute Gasteiger partial charge is 0.251 e. The van der Waals surface area contributed by atoms with Gasteiger partial charge in [0.1, 0.15) is 0 Å². The Hall–Kier alpha value is -2.39. The van der Waals surface area contributed by atoms with Crippen LogP contribution in [0.15, 0.2) is 54.6 Å². The summed E-state index contributed by atoms with van der Waals surface area (Å²) in [5.74, 6) is 0.0378. The Balaban J connectivity index is 2.21. The number of aryl methyl sites for hydroxylation is 2. The van der Waals surface area contributed by atoms with Crippen LogP contribution < -0.4 is 4.90 Å². The molecule has 0 radical (unpaired) electrons. The topological polar surface area (TPSA) is 23.6 Å². The van der Waals surface area contributed by atoms with E-state index >= 15 is 0 Å². The van der Waals surface area contributed by atoms with Crippen molar-refractivity contribution in [3.8, 4) is 0 Å². The van der Waals surface area contributed by atoms with Gasteiger partial charge in [0.05, 0.1) is 0 Å². The standard InChI is InChI=1S/C24H32N2O/c1-5-25(6-2)18-11-19-26(24-20(3)12-10-13-21(24)4)23(27)17-16-22-14-8-7-9-15-22/h7-10,12-17H,5-6,11,18-19H2,1-4H3/b17-16+. The van der Waals surface area contributed by atoms with Crippen molar-refractivity contribution in [1.29, 1.82) is 0 Å². The van der Waals surface area contributed by atoms with Gasteiger partial charge in [0.2, 0.25) is 0 Å². The Morgan fingerprint density at radius 1 is 0.889 bits per heavy atom. The Morgan fingerprint density at radius 2 is 1.52 bits per heavy atom. The lowest BCUT2D eigenvalue weighted by molar-refractivity contribution is -0.114. The van der Waals surface area contributed by atoms with Crippen molar-refractivity contribution in [2.24, 2.45) is 0 Å². The third-order valence-corrected chi connectivity index (χ3v) is 4.94. The molecular formula is C24H32N2O. The molecule has 0 unspecified atom stereocenters. The molecule has 2 aromatic carbocycles. The molecule has 0 saturated heterocycles. The van der Waals surface area contributed by atoms with Crippen molar-refractivity contribution in [2.45, 2.75) is 34.1 Å². The maximum absolute atomic E-state index is 13.1. The van der Waals surface area contributed by atoms with Crippen LogP contribution in [0.3, 0.4) is 0 Å². The zero-order chi connectivity index (χ0) is 19.6. The first-order chi connectivity index (χ1) is 13.1. The van der Waals surface area contributed by atoms with Crippen LogP contribution >= 0.6 is 0 Å². The predicted molar refractivity (Wildman–Crippen MR) is 116 cm³/mol. The van der Waals surface area contributed by atoms with Gasteiger partial charge in [-0.15, -0.1) is 0 Å². The molecule has 0 N–H and O–H groups in total. The lowest BCUT2D eigenvalue weighted by Gasteiger charge is -2.27. The van der Waals surface area contributed by atoms with Crippen molar-refractivity contribution in [2.75, 3.05) is 31.1 Å². The number of hydrogen-bond donors (Lipinski definition) is 0. The molecule has 3 heteroatoms. The minimum Gasteiger partial charge on any atom is -0.308 e. The van der Waals surface area contributed by atoms with Crippen molar-refractivity contribution in [1.82, 2.24) is 4.90 Å². The highest BCUT2D eigenvalue weighted by Gasteiger charge is 2.17. The minimum absolute atomic E-state index is 0.0378. The predicted octanol–water partition coefficient (Wildman–Crippen LogP) is 5.08. The molecule has 0 atom stereocenters. The van der Waals surface area contributed by atoms with Crippen molar-refractivity contribution in [3.05, 3.63) is 71.3 Å². The fourth-order valence-corrected chi connectivity index (χ4v) is 3.38. The number of nitrogens with zero attached hydrogens (tertiary/aromatic N) is 2. The third-order valence-electron chi connectivity index (χ3n) is 4.94. The molecule has 0 aliphatic carbocycles.